The Morgan fingerprint density at radius 2 is 1.32 bits per heavy atom. The molecular formula is C29H24F3NO5. The van der Waals surface area contributed by atoms with E-state index in [1.165, 1.54) is 48.5 Å². The number of carbonyl (C=O) groups excluding carboxylic acids is 2. The Morgan fingerprint density at radius 1 is 0.789 bits per heavy atom. The summed E-state index contributed by atoms with van der Waals surface area (Å²) in [6, 6.07) is 17.2. The largest absolute Gasteiger partial charge is 0.493 e. The zero-order chi connectivity index (χ0) is 26.7. The molecule has 1 saturated heterocycles. The molecular weight excluding hydrogens is 499 g/mol. The zero-order valence-electron chi connectivity index (χ0n) is 20.2. The second kappa shape index (κ2) is 10.7. The van der Waals surface area contributed by atoms with Gasteiger partial charge in [0.1, 0.15) is 29.8 Å². The summed E-state index contributed by atoms with van der Waals surface area (Å²) in [5.74, 6) is -5.51. The van der Waals surface area contributed by atoms with Crippen LogP contribution >= 0.6 is 0 Å². The van der Waals surface area contributed by atoms with Crippen LogP contribution in [0, 0.1) is 23.4 Å². The molecule has 2 atom stereocenters. The lowest BCUT2D eigenvalue weighted by atomic mass is 9.77. The number of hydrogen-bond acceptors (Lipinski definition) is 6. The van der Waals surface area contributed by atoms with Crippen LogP contribution in [0.25, 0.3) is 0 Å². The molecule has 0 radical (unpaired) electrons. The lowest BCUT2D eigenvalue weighted by molar-refractivity contribution is -0.326. The molecule has 3 aromatic rings. The fourth-order valence-electron chi connectivity index (χ4n) is 4.98. The van der Waals surface area contributed by atoms with Crippen LogP contribution in [0.1, 0.15) is 23.5 Å². The van der Waals surface area contributed by atoms with Crippen molar-refractivity contribution in [2.24, 2.45) is 5.92 Å². The maximum absolute atomic E-state index is 13.8. The fraction of sp³-hybridized carbons (Fsp3) is 0.241. The summed E-state index contributed by atoms with van der Waals surface area (Å²) in [6.07, 6.45) is 2.51. The third-order valence-corrected chi connectivity index (χ3v) is 6.78. The van der Waals surface area contributed by atoms with Crippen LogP contribution in [0.3, 0.4) is 0 Å². The van der Waals surface area contributed by atoms with E-state index in [9.17, 15) is 22.8 Å². The van der Waals surface area contributed by atoms with Gasteiger partial charge in [-0.05, 0) is 66.1 Å². The van der Waals surface area contributed by atoms with E-state index in [4.69, 9.17) is 14.2 Å². The van der Waals surface area contributed by atoms with Crippen LogP contribution in [0.15, 0.2) is 84.9 Å². The van der Waals surface area contributed by atoms with E-state index in [0.29, 0.717) is 24.3 Å². The number of hydrogen-bond donors (Lipinski definition) is 0. The third-order valence-electron chi connectivity index (χ3n) is 6.78. The third kappa shape index (κ3) is 5.43. The van der Waals surface area contributed by atoms with Gasteiger partial charge in [0, 0.05) is 31.2 Å². The van der Waals surface area contributed by atoms with Crippen molar-refractivity contribution in [3.8, 4) is 5.75 Å². The molecule has 0 amide bonds. The smallest absolute Gasteiger partial charge is 0.335 e. The van der Waals surface area contributed by atoms with Gasteiger partial charge < -0.3 is 14.2 Å². The molecule has 2 heterocycles. The van der Waals surface area contributed by atoms with Gasteiger partial charge in [-0.25, -0.2) is 27.7 Å². The molecule has 9 heteroatoms. The first kappa shape index (κ1) is 25.5. The number of esters is 2. The lowest BCUT2D eigenvalue weighted by Crippen LogP contribution is -2.64. The highest BCUT2D eigenvalue weighted by Crippen LogP contribution is 2.46. The standard InChI is InChI=1S/C29H24F3NO5/c30-21-5-1-19(2-6-21)17-33-16-15-25(20-3-7-22(31)8-4-20)26(18-36-24-11-9-23(32)10-12-24)29(33)37-27(34)13-14-28(35)38-29/h1-14,25-26H,15-18H2. The molecule has 2 aliphatic rings. The summed E-state index contributed by atoms with van der Waals surface area (Å²) < 4.78 is 58.5. The van der Waals surface area contributed by atoms with Gasteiger partial charge in [-0.2, -0.15) is 0 Å². The van der Waals surface area contributed by atoms with Crippen molar-refractivity contribution in [3.63, 3.8) is 0 Å². The molecule has 0 N–H and O–H groups in total. The van der Waals surface area contributed by atoms with E-state index in [1.807, 2.05) is 0 Å². The summed E-state index contributed by atoms with van der Waals surface area (Å²) in [4.78, 5) is 27.2. The molecule has 0 bridgehead atoms. The molecule has 6 nitrogen and oxygen atoms in total. The minimum Gasteiger partial charge on any atom is -0.493 e. The molecule has 0 aliphatic carbocycles. The maximum atomic E-state index is 13.8. The van der Waals surface area contributed by atoms with Gasteiger partial charge in [0.2, 0.25) is 0 Å². The Balaban J connectivity index is 1.57. The molecule has 1 spiro atoms. The molecule has 2 unspecified atom stereocenters. The molecule has 5 rings (SSSR count). The maximum Gasteiger partial charge on any atom is 0.335 e. The van der Waals surface area contributed by atoms with E-state index in [1.54, 1.807) is 29.2 Å². The highest BCUT2D eigenvalue weighted by Gasteiger charge is 2.58. The molecule has 196 valence electrons. The van der Waals surface area contributed by atoms with Crippen LogP contribution in [-0.2, 0) is 25.6 Å². The highest BCUT2D eigenvalue weighted by atomic mass is 19.1. The second-order valence-corrected chi connectivity index (χ2v) is 9.17. The SMILES string of the molecule is O=C1C=CC(=O)OC2(O1)C(COc1ccc(F)cc1)C(c1ccc(F)cc1)CCN2Cc1ccc(F)cc1. The van der Waals surface area contributed by atoms with Crippen LogP contribution in [-0.4, -0.2) is 35.9 Å². The van der Waals surface area contributed by atoms with Crippen molar-refractivity contribution >= 4 is 11.9 Å². The van der Waals surface area contributed by atoms with Gasteiger partial charge >= 0.3 is 17.8 Å². The number of benzene rings is 3. The highest BCUT2D eigenvalue weighted by molar-refractivity contribution is 5.93. The predicted molar refractivity (Wildman–Crippen MR) is 130 cm³/mol. The first-order chi connectivity index (χ1) is 18.3. The minimum absolute atomic E-state index is 0.0891. The summed E-state index contributed by atoms with van der Waals surface area (Å²) in [6.45, 7) is 0.408. The Kier molecular flexibility index (Phi) is 7.20. The van der Waals surface area contributed by atoms with Crippen LogP contribution in [0.4, 0.5) is 13.2 Å². The summed E-state index contributed by atoms with van der Waals surface area (Å²) in [7, 11) is 0. The summed E-state index contributed by atoms with van der Waals surface area (Å²) in [5.41, 5.74) is 1.44. The number of halogens is 3. The van der Waals surface area contributed by atoms with Crippen molar-refractivity contribution < 1.29 is 37.0 Å². The molecule has 0 saturated carbocycles. The van der Waals surface area contributed by atoms with Crippen molar-refractivity contribution in [1.29, 1.82) is 0 Å². The average molecular weight is 524 g/mol. The molecule has 2 aliphatic heterocycles. The Hall–Kier alpha value is -4.11. The van der Waals surface area contributed by atoms with Gasteiger partial charge in [-0.15, -0.1) is 0 Å². The lowest BCUT2D eigenvalue weighted by Gasteiger charge is -2.51. The number of rotatable bonds is 6. The molecule has 1 fully saturated rings. The van der Waals surface area contributed by atoms with Crippen molar-refractivity contribution in [1.82, 2.24) is 4.90 Å². The van der Waals surface area contributed by atoms with E-state index >= 15 is 0 Å². The van der Waals surface area contributed by atoms with E-state index in [0.717, 1.165) is 17.7 Å². The topological polar surface area (TPSA) is 65.1 Å². The average Bonchev–Trinajstić information content (AvgIpc) is 3.05. The van der Waals surface area contributed by atoms with E-state index in [2.05, 4.69) is 0 Å². The van der Waals surface area contributed by atoms with E-state index in [-0.39, 0.29) is 19.1 Å². The quantitative estimate of drug-likeness (QED) is 0.419. The number of ether oxygens (including phenoxy) is 3. The zero-order valence-corrected chi connectivity index (χ0v) is 20.2. The number of likely N-dealkylation sites (tertiary alicyclic amines) is 1. The summed E-state index contributed by atoms with van der Waals surface area (Å²) >= 11 is 0. The van der Waals surface area contributed by atoms with Gasteiger partial charge in [-0.3, -0.25) is 0 Å². The monoisotopic (exact) mass is 523 g/mol. The van der Waals surface area contributed by atoms with Gasteiger partial charge in [0.15, 0.2) is 0 Å². The van der Waals surface area contributed by atoms with Crippen molar-refractivity contribution in [2.75, 3.05) is 13.2 Å². The van der Waals surface area contributed by atoms with Crippen LogP contribution < -0.4 is 4.74 Å². The van der Waals surface area contributed by atoms with E-state index < -0.39 is 41.2 Å². The molecule has 3 aromatic carbocycles. The normalized spacial score (nSPS) is 21.0. The van der Waals surface area contributed by atoms with Crippen LogP contribution in [0.5, 0.6) is 5.75 Å². The minimum atomic E-state index is -1.90. The second-order valence-electron chi connectivity index (χ2n) is 9.17. The number of nitrogens with zero attached hydrogens (tertiary/aromatic N) is 1. The molecule has 38 heavy (non-hydrogen) atoms. The number of carbonyl (C=O) groups is 2. The van der Waals surface area contributed by atoms with Gasteiger partial charge in [-0.1, -0.05) is 24.3 Å². The van der Waals surface area contributed by atoms with Crippen molar-refractivity contribution in [3.05, 3.63) is 114 Å². The molecule has 0 aromatic heterocycles. The van der Waals surface area contributed by atoms with Crippen LogP contribution in [0.2, 0.25) is 0 Å². The van der Waals surface area contributed by atoms with Crippen molar-refractivity contribution in [2.45, 2.75) is 24.8 Å². The Morgan fingerprint density at radius 3 is 1.89 bits per heavy atom. The Labute approximate surface area is 217 Å². The van der Waals surface area contributed by atoms with Gasteiger partial charge in [0.05, 0.1) is 5.92 Å². The van der Waals surface area contributed by atoms with Gasteiger partial charge in [0.25, 0.3) is 0 Å². The number of piperidine rings is 1. The first-order valence-electron chi connectivity index (χ1n) is 12.1. The Bertz CT molecular complexity index is 1310. The first-order valence-corrected chi connectivity index (χ1v) is 12.1. The summed E-state index contributed by atoms with van der Waals surface area (Å²) in [5, 5.41) is 0. The fourth-order valence-corrected chi connectivity index (χ4v) is 4.98. The predicted octanol–water partition coefficient (Wildman–Crippen LogP) is 5.10.